The molecule has 2 aromatic heterocycles. The van der Waals surface area contributed by atoms with Crippen LogP contribution >= 0.6 is 23.3 Å². The normalized spacial score (nSPS) is 13.1. The Morgan fingerprint density at radius 2 is 1.86 bits per heavy atom. The van der Waals surface area contributed by atoms with Gasteiger partial charge in [-0.1, -0.05) is 12.1 Å². The molecule has 5 rings (SSSR count). The van der Waals surface area contributed by atoms with E-state index in [4.69, 9.17) is 14.5 Å². The van der Waals surface area contributed by atoms with Crippen molar-refractivity contribution in [3.8, 4) is 23.1 Å². The van der Waals surface area contributed by atoms with E-state index in [1.165, 1.54) is 11.9 Å². The minimum Gasteiger partial charge on any atom is -0.489 e. The third-order valence-electron chi connectivity index (χ3n) is 5.54. The Kier molecular flexibility index (Phi) is 10.4. The molecule has 5 N–H and O–H groups in total. The van der Waals surface area contributed by atoms with Crippen LogP contribution in [0.15, 0.2) is 71.2 Å². The number of thiazole rings is 1. The number of nitriles is 1. The Labute approximate surface area is 223 Å². The summed E-state index contributed by atoms with van der Waals surface area (Å²) in [6, 6.07) is 18.1. The monoisotopic (exact) mass is 537 g/mol. The standard InChI is InChI=1S/C26H23N5O2S2.2H2O/c27-17-20-16-19(3-6-24(20)33-21-8-12-32-13-9-21)23-7-10-28-25(30-23)15-18-1-4-22(5-2-18)35-31-26-29-11-14-34-26;;/h1-7,10-11,14,16,21H,8-9,12-13,15H2,(H,29,31);2*1H2. The third-order valence-corrected chi connectivity index (χ3v) is 7.16. The molecule has 0 aliphatic carbocycles. The first-order valence-electron chi connectivity index (χ1n) is 11.3. The molecule has 1 aliphatic rings. The maximum Gasteiger partial charge on any atom is 0.192 e. The zero-order valence-electron chi connectivity index (χ0n) is 19.9. The molecule has 0 amide bonds. The first kappa shape index (κ1) is 28.0. The Bertz CT molecular complexity index is 1310. The van der Waals surface area contributed by atoms with Crippen LogP contribution in [-0.2, 0) is 11.2 Å². The highest BCUT2D eigenvalue weighted by Gasteiger charge is 2.17. The first-order valence-corrected chi connectivity index (χ1v) is 13.0. The molecule has 0 unspecified atom stereocenters. The van der Waals surface area contributed by atoms with Crippen LogP contribution in [0.1, 0.15) is 29.8 Å². The van der Waals surface area contributed by atoms with E-state index in [1.54, 1.807) is 23.7 Å². The van der Waals surface area contributed by atoms with Gasteiger partial charge >= 0.3 is 0 Å². The van der Waals surface area contributed by atoms with Gasteiger partial charge < -0.3 is 25.1 Å². The molecule has 0 spiro atoms. The lowest BCUT2D eigenvalue weighted by Gasteiger charge is -2.23. The molecule has 4 aromatic rings. The third kappa shape index (κ3) is 7.48. The largest absolute Gasteiger partial charge is 0.489 e. The number of hydrogen-bond donors (Lipinski definition) is 1. The highest BCUT2D eigenvalue weighted by molar-refractivity contribution is 8.00. The summed E-state index contributed by atoms with van der Waals surface area (Å²) in [4.78, 5) is 14.5. The molecular weight excluding hydrogens is 510 g/mol. The van der Waals surface area contributed by atoms with Gasteiger partial charge in [0, 0.05) is 47.5 Å². The molecule has 1 fully saturated rings. The van der Waals surface area contributed by atoms with Crippen molar-refractivity contribution in [3.63, 3.8) is 0 Å². The molecule has 2 aromatic carbocycles. The number of ether oxygens (including phenoxy) is 2. The predicted octanol–water partition coefficient (Wildman–Crippen LogP) is 4.09. The fourth-order valence-corrected chi connectivity index (χ4v) is 4.95. The highest BCUT2D eigenvalue weighted by atomic mass is 32.2. The maximum absolute atomic E-state index is 9.69. The van der Waals surface area contributed by atoms with Gasteiger partial charge in [-0.15, -0.1) is 11.3 Å². The number of rotatable bonds is 8. The molecule has 1 aliphatic heterocycles. The van der Waals surface area contributed by atoms with E-state index in [0.717, 1.165) is 45.5 Å². The van der Waals surface area contributed by atoms with Gasteiger partial charge in [0.2, 0.25) is 0 Å². The van der Waals surface area contributed by atoms with E-state index in [2.05, 4.69) is 45.0 Å². The van der Waals surface area contributed by atoms with Gasteiger partial charge in [0.25, 0.3) is 0 Å². The van der Waals surface area contributed by atoms with Crippen LogP contribution in [0.5, 0.6) is 5.75 Å². The molecule has 0 bridgehead atoms. The fraction of sp³-hybridized carbons (Fsp3) is 0.231. The summed E-state index contributed by atoms with van der Waals surface area (Å²) < 4.78 is 14.7. The number of aromatic nitrogens is 3. The summed E-state index contributed by atoms with van der Waals surface area (Å²) in [7, 11) is 0. The molecule has 37 heavy (non-hydrogen) atoms. The average molecular weight is 538 g/mol. The lowest BCUT2D eigenvalue weighted by Crippen LogP contribution is -2.26. The molecule has 11 heteroatoms. The SMILES string of the molecule is N#Cc1cc(-c2ccnc(Cc3ccc(SNc4nccs4)cc3)n2)ccc1OC1CCOCC1.O.O. The van der Waals surface area contributed by atoms with Crippen molar-refractivity contribution < 1.29 is 20.4 Å². The van der Waals surface area contributed by atoms with Crippen molar-refractivity contribution in [2.75, 3.05) is 17.9 Å². The van der Waals surface area contributed by atoms with Crippen molar-refractivity contribution in [1.82, 2.24) is 15.0 Å². The summed E-state index contributed by atoms with van der Waals surface area (Å²) in [6.07, 6.45) is 5.92. The van der Waals surface area contributed by atoms with Crippen LogP contribution in [0.25, 0.3) is 11.3 Å². The van der Waals surface area contributed by atoms with E-state index in [0.29, 0.717) is 30.9 Å². The summed E-state index contributed by atoms with van der Waals surface area (Å²) in [5.74, 6) is 1.34. The predicted molar refractivity (Wildman–Crippen MR) is 145 cm³/mol. The van der Waals surface area contributed by atoms with Crippen LogP contribution < -0.4 is 9.46 Å². The molecule has 1 saturated heterocycles. The summed E-state index contributed by atoms with van der Waals surface area (Å²) in [5, 5.41) is 12.5. The van der Waals surface area contributed by atoms with Gasteiger partial charge in [0.1, 0.15) is 23.7 Å². The molecule has 192 valence electrons. The van der Waals surface area contributed by atoms with Crippen LogP contribution in [-0.4, -0.2) is 45.2 Å². The second kappa shape index (κ2) is 13.7. The van der Waals surface area contributed by atoms with Crippen molar-refractivity contribution >= 4 is 28.4 Å². The van der Waals surface area contributed by atoms with Crippen molar-refractivity contribution in [2.24, 2.45) is 0 Å². The van der Waals surface area contributed by atoms with Gasteiger partial charge in [-0.05, 0) is 53.9 Å². The zero-order valence-corrected chi connectivity index (χ0v) is 21.5. The van der Waals surface area contributed by atoms with Crippen LogP contribution in [0.3, 0.4) is 0 Å². The summed E-state index contributed by atoms with van der Waals surface area (Å²) in [6.45, 7) is 1.39. The number of benzene rings is 2. The first-order chi connectivity index (χ1) is 17.3. The lowest BCUT2D eigenvalue weighted by molar-refractivity contribution is 0.0254. The van der Waals surface area contributed by atoms with Gasteiger partial charge in [-0.2, -0.15) is 5.26 Å². The van der Waals surface area contributed by atoms with Gasteiger partial charge in [-0.25, -0.2) is 15.0 Å². The van der Waals surface area contributed by atoms with E-state index in [9.17, 15) is 5.26 Å². The number of anilines is 1. The van der Waals surface area contributed by atoms with E-state index >= 15 is 0 Å². The smallest absolute Gasteiger partial charge is 0.192 e. The summed E-state index contributed by atoms with van der Waals surface area (Å²) >= 11 is 3.10. The quantitative estimate of drug-likeness (QED) is 0.329. The number of hydrogen-bond acceptors (Lipinski definition) is 9. The topological polar surface area (TPSA) is 156 Å². The van der Waals surface area contributed by atoms with E-state index in [-0.39, 0.29) is 17.1 Å². The lowest BCUT2D eigenvalue weighted by atomic mass is 10.1. The van der Waals surface area contributed by atoms with Crippen molar-refractivity contribution in [1.29, 1.82) is 5.26 Å². The Balaban J connectivity index is 0.00000190. The maximum atomic E-state index is 9.69. The molecular formula is C26H27N5O4S2. The van der Waals surface area contributed by atoms with Crippen LogP contribution in [0, 0.1) is 11.3 Å². The zero-order chi connectivity index (χ0) is 23.9. The number of nitrogens with zero attached hydrogens (tertiary/aromatic N) is 4. The van der Waals surface area contributed by atoms with E-state index < -0.39 is 0 Å². The van der Waals surface area contributed by atoms with Crippen LogP contribution in [0.2, 0.25) is 0 Å². The Morgan fingerprint density at radius 3 is 2.59 bits per heavy atom. The van der Waals surface area contributed by atoms with Crippen molar-refractivity contribution in [3.05, 3.63) is 83.3 Å². The molecule has 0 atom stereocenters. The molecule has 0 radical (unpaired) electrons. The minimum absolute atomic E-state index is 0. The minimum atomic E-state index is 0. The highest BCUT2D eigenvalue weighted by Crippen LogP contribution is 2.28. The van der Waals surface area contributed by atoms with Crippen LogP contribution in [0.4, 0.5) is 5.13 Å². The second-order valence-corrected chi connectivity index (χ2v) is 9.75. The van der Waals surface area contributed by atoms with Gasteiger partial charge in [-0.3, -0.25) is 0 Å². The molecule has 0 saturated carbocycles. The molecule has 3 heterocycles. The average Bonchev–Trinajstić information content (AvgIpc) is 3.43. The van der Waals surface area contributed by atoms with Gasteiger partial charge in [0.15, 0.2) is 5.13 Å². The van der Waals surface area contributed by atoms with Crippen molar-refractivity contribution in [2.45, 2.75) is 30.3 Å². The Morgan fingerprint density at radius 1 is 1.05 bits per heavy atom. The second-order valence-electron chi connectivity index (χ2n) is 7.97. The number of nitrogens with one attached hydrogen (secondary N) is 1. The van der Waals surface area contributed by atoms with Gasteiger partial charge in [0.05, 0.1) is 24.5 Å². The van der Waals surface area contributed by atoms with E-state index in [1.807, 2.05) is 29.6 Å². The summed E-state index contributed by atoms with van der Waals surface area (Å²) in [5.41, 5.74) is 3.28. The Hall–Kier alpha value is -3.53. The fourth-order valence-electron chi connectivity index (χ4n) is 3.73. The molecule has 9 nitrogen and oxygen atoms in total.